The summed E-state index contributed by atoms with van der Waals surface area (Å²) in [6, 6.07) is 0. The van der Waals surface area contributed by atoms with E-state index in [9.17, 15) is 4.79 Å². The number of aromatic nitrogens is 2. The lowest BCUT2D eigenvalue weighted by Gasteiger charge is -2.32. The van der Waals surface area contributed by atoms with Crippen LogP contribution in [0.1, 0.15) is 30.7 Å². The fourth-order valence-corrected chi connectivity index (χ4v) is 3.15. The molecule has 0 bridgehead atoms. The molecule has 5 nitrogen and oxygen atoms in total. The highest BCUT2D eigenvalue weighted by Gasteiger charge is 2.46. The zero-order valence-electron chi connectivity index (χ0n) is 12.6. The molecule has 1 saturated carbocycles. The van der Waals surface area contributed by atoms with E-state index in [0.29, 0.717) is 18.4 Å². The zero-order chi connectivity index (χ0) is 14.8. The lowest BCUT2D eigenvalue weighted by Crippen LogP contribution is -2.41. The Morgan fingerprint density at radius 1 is 1.52 bits per heavy atom. The highest BCUT2D eigenvalue weighted by atomic mass is 16.5. The van der Waals surface area contributed by atoms with Crippen LogP contribution in [0.5, 0.6) is 0 Å². The Labute approximate surface area is 125 Å². The van der Waals surface area contributed by atoms with Crippen LogP contribution in [0.25, 0.3) is 0 Å². The summed E-state index contributed by atoms with van der Waals surface area (Å²) < 4.78 is 7.47. The first kappa shape index (κ1) is 14.3. The SMILES string of the molecule is C=CCOC1CCN(C(=O)[C@@H]2C[C@@H]2c2cnn(C)c2)CC1. The van der Waals surface area contributed by atoms with Gasteiger partial charge in [-0.25, -0.2) is 0 Å². The molecule has 1 saturated heterocycles. The van der Waals surface area contributed by atoms with Crippen molar-refractivity contribution in [2.24, 2.45) is 13.0 Å². The number of nitrogens with zero attached hydrogens (tertiary/aromatic N) is 3. The Morgan fingerprint density at radius 2 is 2.29 bits per heavy atom. The van der Waals surface area contributed by atoms with Gasteiger partial charge in [0.1, 0.15) is 0 Å². The highest BCUT2D eigenvalue weighted by molar-refractivity contribution is 5.83. The lowest BCUT2D eigenvalue weighted by atomic mass is 10.1. The smallest absolute Gasteiger partial charge is 0.226 e. The summed E-state index contributed by atoms with van der Waals surface area (Å²) in [5.41, 5.74) is 1.19. The molecule has 0 aromatic carbocycles. The molecule has 1 aromatic heterocycles. The number of hydrogen-bond donors (Lipinski definition) is 0. The van der Waals surface area contributed by atoms with Gasteiger partial charge in [0.2, 0.25) is 5.91 Å². The Morgan fingerprint density at radius 3 is 2.90 bits per heavy atom. The molecule has 0 radical (unpaired) electrons. The van der Waals surface area contributed by atoms with Crippen LogP contribution in [0.15, 0.2) is 25.0 Å². The summed E-state index contributed by atoms with van der Waals surface area (Å²) in [6.07, 6.45) is 8.80. The molecular formula is C16H23N3O2. The van der Waals surface area contributed by atoms with E-state index in [2.05, 4.69) is 11.7 Å². The minimum Gasteiger partial charge on any atom is -0.374 e. The van der Waals surface area contributed by atoms with Gasteiger partial charge in [-0.3, -0.25) is 9.48 Å². The topological polar surface area (TPSA) is 47.4 Å². The van der Waals surface area contributed by atoms with Crippen molar-refractivity contribution in [3.05, 3.63) is 30.6 Å². The van der Waals surface area contributed by atoms with Gasteiger partial charge in [0, 0.05) is 32.3 Å². The molecule has 2 heterocycles. The Bertz CT molecular complexity index is 517. The minimum atomic E-state index is 0.167. The molecule has 0 spiro atoms. The molecule has 5 heteroatoms. The summed E-state index contributed by atoms with van der Waals surface area (Å²) >= 11 is 0. The third-order valence-electron chi connectivity index (χ3n) is 4.46. The van der Waals surface area contributed by atoms with Gasteiger partial charge in [-0.2, -0.15) is 5.10 Å². The van der Waals surface area contributed by atoms with E-state index in [4.69, 9.17) is 4.74 Å². The normalized spacial score (nSPS) is 25.9. The van der Waals surface area contributed by atoms with Crippen molar-refractivity contribution in [3.8, 4) is 0 Å². The van der Waals surface area contributed by atoms with Gasteiger partial charge in [0.15, 0.2) is 0 Å². The van der Waals surface area contributed by atoms with Crippen LogP contribution in [0, 0.1) is 5.92 Å². The van der Waals surface area contributed by atoms with Gasteiger partial charge in [-0.15, -0.1) is 6.58 Å². The molecule has 2 fully saturated rings. The quantitative estimate of drug-likeness (QED) is 0.775. The number of rotatable bonds is 5. The van der Waals surface area contributed by atoms with Crippen molar-refractivity contribution in [1.82, 2.24) is 14.7 Å². The first-order valence-corrected chi connectivity index (χ1v) is 7.69. The summed E-state index contributed by atoms with van der Waals surface area (Å²) in [7, 11) is 1.91. The molecule has 114 valence electrons. The van der Waals surface area contributed by atoms with Gasteiger partial charge in [0.25, 0.3) is 0 Å². The Kier molecular flexibility index (Phi) is 4.10. The van der Waals surface area contributed by atoms with Crippen LogP contribution in [-0.2, 0) is 16.6 Å². The number of likely N-dealkylation sites (tertiary alicyclic amines) is 1. The van der Waals surface area contributed by atoms with Crippen molar-refractivity contribution in [2.75, 3.05) is 19.7 Å². The highest BCUT2D eigenvalue weighted by Crippen LogP contribution is 2.48. The minimum absolute atomic E-state index is 0.167. The van der Waals surface area contributed by atoms with Gasteiger partial charge in [0.05, 0.1) is 18.9 Å². The third-order valence-corrected chi connectivity index (χ3v) is 4.46. The molecule has 2 atom stereocenters. The summed E-state index contributed by atoms with van der Waals surface area (Å²) in [5.74, 6) is 0.854. The van der Waals surface area contributed by atoms with Gasteiger partial charge in [-0.1, -0.05) is 6.08 Å². The van der Waals surface area contributed by atoms with E-state index in [1.807, 2.05) is 24.3 Å². The number of hydrogen-bond acceptors (Lipinski definition) is 3. The number of carbonyl (C=O) groups excluding carboxylic acids is 1. The van der Waals surface area contributed by atoms with Crippen molar-refractivity contribution in [1.29, 1.82) is 0 Å². The predicted molar refractivity (Wildman–Crippen MR) is 79.8 cm³/mol. The molecule has 0 unspecified atom stereocenters. The largest absolute Gasteiger partial charge is 0.374 e. The molecule has 21 heavy (non-hydrogen) atoms. The fraction of sp³-hybridized carbons (Fsp3) is 0.625. The standard InChI is InChI=1S/C16H23N3O2/c1-3-8-21-13-4-6-19(7-5-13)16(20)15-9-14(15)12-10-17-18(2)11-12/h3,10-11,13-15H,1,4-9H2,2H3/t14-,15-/m1/s1. The van der Waals surface area contributed by atoms with Gasteiger partial charge >= 0.3 is 0 Å². The number of piperidine rings is 1. The number of carbonyl (C=O) groups is 1. The second-order valence-corrected chi connectivity index (χ2v) is 6.04. The summed E-state index contributed by atoms with van der Waals surface area (Å²) in [6.45, 7) is 5.90. The van der Waals surface area contributed by atoms with Crippen LogP contribution < -0.4 is 0 Å². The van der Waals surface area contributed by atoms with E-state index in [-0.39, 0.29) is 12.0 Å². The molecule has 1 amide bonds. The summed E-state index contributed by atoms with van der Waals surface area (Å²) in [4.78, 5) is 14.5. The molecule has 0 N–H and O–H groups in total. The van der Waals surface area contributed by atoms with E-state index >= 15 is 0 Å². The molecular weight excluding hydrogens is 266 g/mol. The predicted octanol–water partition coefficient (Wildman–Crippen LogP) is 1.72. The zero-order valence-corrected chi connectivity index (χ0v) is 12.6. The van der Waals surface area contributed by atoms with E-state index < -0.39 is 0 Å². The van der Waals surface area contributed by atoms with Crippen LogP contribution >= 0.6 is 0 Å². The molecule has 2 aliphatic rings. The van der Waals surface area contributed by atoms with Crippen molar-refractivity contribution in [2.45, 2.75) is 31.3 Å². The maximum atomic E-state index is 12.5. The van der Waals surface area contributed by atoms with E-state index in [0.717, 1.165) is 32.4 Å². The Balaban J connectivity index is 1.48. The maximum Gasteiger partial charge on any atom is 0.226 e. The number of ether oxygens (including phenoxy) is 1. The maximum absolute atomic E-state index is 12.5. The van der Waals surface area contributed by atoms with Crippen molar-refractivity contribution >= 4 is 5.91 Å². The summed E-state index contributed by atoms with van der Waals surface area (Å²) in [5, 5.41) is 4.19. The molecule has 1 aliphatic heterocycles. The van der Waals surface area contributed by atoms with E-state index in [1.165, 1.54) is 5.56 Å². The van der Waals surface area contributed by atoms with Crippen LogP contribution in [0.2, 0.25) is 0 Å². The van der Waals surface area contributed by atoms with Crippen LogP contribution in [0.3, 0.4) is 0 Å². The second kappa shape index (κ2) is 6.02. The third kappa shape index (κ3) is 3.18. The molecule has 1 aromatic rings. The first-order valence-electron chi connectivity index (χ1n) is 7.69. The Hall–Kier alpha value is -1.62. The molecule has 3 rings (SSSR count). The number of aryl methyl sites for hydroxylation is 1. The average molecular weight is 289 g/mol. The first-order chi connectivity index (χ1) is 10.2. The lowest BCUT2D eigenvalue weighted by molar-refractivity contribution is -0.135. The van der Waals surface area contributed by atoms with Crippen molar-refractivity contribution in [3.63, 3.8) is 0 Å². The second-order valence-electron chi connectivity index (χ2n) is 6.04. The van der Waals surface area contributed by atoms with Crippen molar-refractivity contribution < 1.29 is 9.53 Å². The molecule has 1 aliphatic carbocycles. The fourth-order valence-electron chi connectivity index (χ4n) is 3.15. The van der Waals surface area contributed by atoms with E-state index in [1.54, 1.807) is 10.8 Å². The van der Waals surface area contributed by atoms with Crippen LogP contribution in [-0.4, -0.2) is 46.4 Å². The average Bonchev–Trinajstić information content (AvgIpc) is 3.19. The van der Waals surface area contributed by atoms with Crippen LogP contribution in [0.4, 0.5) is 0 Å². The van der Waals surface area contributed by atoms with Gasteiger partial charge in [-0.05, 0) is 30.7 Å². The number of amides is 1. The monoisotopic (exact) mass is 289 g/mol. The van der Waals surface area contributed by atoms with Gasteiger partial charge < -0.3 is 9.64 Å².